The van der Waals surface area contributed by atoms with Gasteiger partial charge < -0.3 is 21.5 Å². The van der Waals surface area contributed by atoms with E-state index in [0.717, 1.165) is 0 Å². The summed E-state index contributed by atoms with van der Waals surface area (Å²) in [6.45, 7) is 7.54. The first-order valence-electron chi connectivity index (χ1n) is 4.71. The summed E-state index contributed by atoms with van der Waals surface area (Å²) in [5, 5.41) is 2.62. The van der Waals surface area contributed by atoms with Gasteiger partial charge in [-0.2, -0.15) is 0 Å². The normalized spacial score (nSPS) is 15.9. The van der Waals surface area contributed by atoms with Gasteiger partial charge in [0, 0.05) is 18.6 Å². The van der Waals surface area contributed by atoms with Crippen molar-refractivity contribution in [2.75, 3.05) is 6.54 Å². The molecule has 14 heavy (non-hydrogen) atoms. The lowest BCUT2D eigenvalue weighted by atomic mass is 10.1. The maximum atomic E-state index is 11.3. The van der Waals surface area contributed by atoms with E-state index in [-0.39, 0.29) is 12.1 Å². The molecule has 5 heteroatoms. The van der Waals surface area contributed by atoms with Crippen molar-refractivity contribution < 1.29 is 9.53 Å². The van der Waals surface area contributed by atoms with E-state index >= 15 is 0 Å². The van der Waals surface area contributed by atoms with Gasteiger partial charge in [-0.15, -0.1) is 0 Å². The molecule has 0 radical (unpaired) electrons. The monoisotopic (exact) mass is 203 g/mol. The van der Waals surface area contributed by atoms with Gasteiger partial charge in [-0.3, -0.25) is 0 Å². The quantitative estimate of drug-likeness (QED) is 0.610. The number of rotatable bonds is 3. The van der Waals surface area contributed by atoms with E-state index in [1.54, 1.807) is 27.7 Å². The highest BCUT2D eigenvalue weighted by atomic mass is 16.6. The van der Waals surface area contributed by atoms with E-state index in [1.807, 2.05) is 0 Å². The van der Waals surface area contributed by atoms with Gasteiger partial charge in [0.05, 0.1) is 0 Å². The fourth-order valence-electron chi connectivity index (χ4n) is 0.805. The van der Waals surface area contributed by atoms with Crippen LogP contribution in [-0.4, -0.2) is 30.3 Å². The first-order valence-corrected chi connectivity index (χ1v) is 4.71. The molecule has 0 rings (SSSR count). The number of ether oxygens (including phenoxy) is 1. The van der Waals surface area contributed by atoms with E-state index in [0.29, 0.717) is 6.54 Å². The Bertz CT molecular complexity index is 189. The Labute approximate surface area is 85.2 Å². The molecule has 0 aromatic heterocycles. The summed E-state index contributed by atoms with van der Waals surface area (Å²) in [6.07, 6.45) is -0.464. The SMILES string of the molecule is CC(NC(=O)OC(C)(C)C)C(N)CN. The van der Waals surface area contributed by atoms with Crippen molar-refractivity contribution in [1.82, 2.24) is 5.32 Å². The van der Waals surface area contributed by atoms with Crippen LogP contribution in [0.4, 0.5) is 4.79 Å². The molecule has 5 nitrogen and oxygen atoms in total. The van der Waals surface area contributed by atoms with Crippen LogP contribution in [0.15, 0.2) is 0 Å². The molecule has 84 valence electrons. The van der Waals surface area contributed by atoms with E-state index in [4.69, 9.17) is 16.2 Å². The number of carbonyl (C=O) groups is 1. The van der Waals surface area contributed by atoms with E-state index < -0.39 is 11.7 Å². The number of nitrogens with one attached hydrogen (secondary N) is 1. The van der Waals surface area contributed by atoms with Crippen LogP contribution in [-0.2, 0) is 4.74 Å². The number of hydrogen-bond acceptors (Lipinski definition) is 4. The van der Waals surface area contributed by atoms with Gasteiger partial charge in [0.25, 0.3) is 0 Å². The molecule has 0 saturated heterocycles. The third-order valence-corrected chi connectivity index (χ3v) is 1.66. The lowest BCUT2D eigenvalue weighted by molar-refractivity contribution is 0.0502. The average molecular weight is 203 g/mol. The van der Waals surface area contributed by atoms with Crippen molar-refractivity contribution in [2.45, 2.75) is 45.4 Å². The maximum Gasteiger partial charge on any atom is 0.407 e. The van der Waals surface area contributed by atoms with Gasteiger partial charge >= 0.3 is 6.09 Å². The van der Waals surface area contributed by atoms with Crippen molar-refractivity contribution >= 4 is 6.09 Å². The topological polar surface area (TPSA) is 90.4 Å². The number of alkyl carbamates (subject to hydrolysis) is 1. The highest BCUT2D eigenvalue weighted by molar-refractivity contribution is 5.68. The molecule has 0 bridgehead atoms. The molecule has 0 fully saturated rings. The summed E-state index contributed by atoms with van der Waals surface area (Å²) in [5.74, 6) is 0. The summed E-state index contributed by atoms with van der Waals surface area (Å²) in [5.41, 5.74) is 10.5. The van der Waals surface area contributed by atoms with Crippen LogP contribution in [0.25, 0.3) is 0 Å². The standard InChI is InChI=1S/C9H21N3O2/c1-6(7(11)5-10)12-8(13)14-9(2,3)4/h6-7H,5,10-11H2,1-4H3,(H,12,13). The number of amides is 1. The van der Waals surface area contributed by atoms with Crippen LogP contribution in [0, 0.1) is 0 Å². The Balaban J connectivity index is 3.95. The zero-order valence-electron chi connectivity index (χ0n) is 9.33. The fraction of sp³-hybridized carbons (Fsp3) is 0.889. The minimum Gasteiger partial charge on any atom is -0.444 e. The molecule has 2 atom stereocenters. The fourth-order valence-corrected chi connectivity index (χ4v) is 0.805. The molecule has 5 N–H and O–H groups in total. The average Bonchev–Trinajstić information content (AvgIpc) is 1.99. The van der Waals surface area contributed by atoms with Crippen molar-refractivity contribution in [3.63, 3.8) is 0 Å². The van der Waals surface area contributed by atoms with E-state index in [2.05, 4.69) is 5.32 Å². The molecule has 0 aliphatic heterocycles. The van der Waals surface area contributed by atoms with E-state index in [1.165, 1.54) is 0 Å². The molecule has 0 saturated carbocycles. The van der Waals surface area contributed by atoms with Crippen LogP contribution in [0.5, 0.6) is 0 Å². The van der Waals surface area contributed by atoms with Crippen molar-refractivity contribution in [1.29, 1.82) is 0 Å². The molecule has 1 amide bonds. The minimum atomic E-state index is -0.489. The van der Waals surface area contributed by atoms with E-state index in [9.17, 15) is 4.79 Å². The lowest BCUT2D eigenvalue weighted by Crippen LogP contribution is -2.50. The molecule has 0 aliphatic carbocycles. The van der Waals surface area contributed by atoms with Crippen molar-refractivity contribution in [2.24, 2.45) is 11.5 Å². The van der Waals surface area contributed by atoms with Crippen LogP contribution in [0.1, 0.15) is 27.7 Å². The predicted molar refractivity (Wildman–Crippen MR) is 55.9 cm³/mol. The Kier molecular flexibility index (Phi) is 4.87. The second kappa shape index (κ2) is 5.17. The minimum absolute atomic E-state index is 0.185. The summed E-state index contributed by atoms with van der Waals surface area (Å²) < 4.78 is 5.06. The van der Waals surface area contributed by atoms with Crippen LogP contribution in [0.2, 0.25) is 0 Å². The number of hydrogen-bond donors (Lipinski definition) is 3. The summed E-state index contributed by atoms with van der Waals surface area (Å²) in [4.78, 5) is 11.3. The molecule has 0 aromatic carbocycles. The summed E-state index contributed by atoms with van der Waals surface area (Å²) in [7, 11) is 0. The van der Waals surface area contributed by atoms with Crippen molar-refractivity contribution in [3.8, 4) is 0 Å². The second-order valence-electron chi connectivity index (χ2n) is 4.33. The zero-order chi connectivity index (χ0) is 11.4. The van der Waals surface area contributed by atoms with Gasteiger partial charge in [0.2, 0.25) is 0 Å². The van der Waals surface area contributed by atoms with Gasteiger partial charge in [-0.25, -0.2) is 4.79 Å². The molecular weight excluding hydrogens is 182 g/mol. The Morgan fingerprint density at radius 2 is 2.00 bits per heavy atom. The highest BCUT2D eigenvalue weighted by Crippen LogP contribution is 2.06. The molecule has 0 heterocycles. The zero-order valence-corrected chi connectivity index (χ0v) is 9.33. The van der Waals surface area contributed by atoms with Crippen LogP contribution < -0.4 is 16.8 Å². The highest BCUT2D eigenvalue weighted by Gasteiger charge is 2.19. The van der Waals surface area contributed by atoms with Crippen molar-refractivity contribution in [3.05, 3.63) is 0 Å². The predicted octanol–water partition coefficient (Wildman–Crippen LogP) is 0.186. The molecule has 0 aromatic rings. The smallest absolute Gasteiger partial charge is 0.407 e. The first kappa shape index (κ1) is 13.2. The Hall–Kier alpha value is -0.810. The second-order valence-corrected chi connectivity index (χ2v) is 4.33. The first-order chi connectivity index (χ1) is 6.26. The van der Waals surface area contributed by atoms with Gasteiger partial charge in [0.15, 0.2) is 0 Å². The Morgan fingerprint density at radius 1 is 1.50 bits per heavy atom. The third-order valence-electron chi connectivity index (χ3n) is 1.66. The van der Waals surface area contributed by atoms with Gasteiger partial charge in [-0.1, -0.05) is 0 Å². The summed E-state index contributed by atoms with van der Waals surface area (Å²) in [6, 6.07) is -0.433. The summed E-state index contributed by atoms with van der Waals surface area (Å²) >= 11 is 0. The lowest BCUT2D eigenvalue weighted by Gasteiger charge is -2.24. The molecule has 2 unspecified atom stereocenters. The van der Waals surface area contributed by atoms with Crippen LogP contribution in [0.3, 0.4) is 0 Å². The largest absolute Gasteiger partial charge is 0.444 e. The third kappa shape index (κ3) is 5.77. The van der Waals surface area contributed by atoms with Gasteiger partial charge in [-0.05, 0) is 27.7 Å². The van der Waals surface area contributed by atoms with Gasteiger partial charge in [0.1, 0.15) is 5.60 Å². The Morgan fingerprint density at radius 3 is 2.36 bits per heavy atom. The molecule has 0 aliphatic rings. The molecule has 0 spiro atoms. The molecular formula is C9H21N3O2. The number of nitrogens with two attached hydrogens (primary N) is 2. The maximum absolute atomic E-state index is 11.3. The van der Waals surface area contributed by atoms with Crippen LogP contribution >= 0.6 is 0 Å². The number of carbonyl (C=O) groups excluding carboxylic acids is 1.